The number of carbonyl (C=O) groups excluding carboxylic acids is 1. The van der Waals surface area contributed by atoms with Gasteiger partial charge in [-0.25, -0.2) is 8.42 Å². The number of rotatable bonds is 5. The first-order chi connectivity index (χ1) is 8.39. The Kier molecular flexibility index (Phi) is 5.15. The summed E-state index contributed by atoms with van der Waals surface area (Å²) in [6.07, 6.45) is 0. The Bertz CT molecular complexity index is 543. The van der Waals surface area contributed by atoms with Gasteiger partial charge in [0.1, 0.15) is 4.66 Å². The second kappa shape index (κ2) is 6.19. The van der Waals surface area contributed by atoms with E-state index in [-0.39, 0.29) is 10.6 Å². The predicted molar refractivity (Wildman–Crippen MR) is 75.5 cm³/mol. The quantitative estimate of drug-likeness (QED) is 0.806. The molecule has 0 atom stereocenters. The van der Waals surface area contributed by atoms with Gasteiger partial charge in [-0.15, -0.1) is 0 Å². The fourth-order valence-electron chi connectivity index (χ4n) is 1.38. The summed E-state index contributed by atoms with van der Waals surface area (Å²) in [4.78, 5) is 11.6. The van der Waals surface area contributed by atoms with Crippen LogP contribution in [0.5, 0.6) is 0 Å². The zero-order valence-electron chi connectivity index (χ0n) is 10.2. The van der Waals surface area contributed by atoms with Gasteiger partial charge < -0.3 is 5.32 Å². The van der Waals surface area contributed by atoms with Crippen molar-refractivity contribution < 1.29 is 13.2 Å². The van der Waals surface area contributed by atoms with Gasteiger partial charge in [0.15, 0.2) is 0 Å². The Morgan fingerprint density at radius 1 is 1.39 bits per heavy atom. The van der Waals surface area contributed by atoms with Crippen LogP contribution in [0.3, 0.4) is 0 Å². The fourth-order valence-corrected chi connectivity index (χ4v) is 2.34. The molecule has 0 bridgehead atoms. The molecule has 0 radical (unpaired) electrons. The van der Waals surface area contributed by atoms with Crippen LogP contribution in [0, 0.1) is 6.92 Å². The Labute approximate surface area is 115 Å². The number of hydrogen-bond acceptors (Lipinski definition) is 3. The number of sulfonamides is 1. The van der Waals surface area contributed by atoms with Crippen LogP contribution in [0.1, 0.15) is 22.8 Å². The van der Waals surface area contributed by atoms with Crippen LogP contribution in [0.25, 0.3) is 0 Å². The van der Waals surface area contributed by atoms with Crippen LogP contribution >= 0.6 is 15.9 Å². The molecule has 0 unspecified atom stereocenters. The molecule has 1 amide bonds. The van der Waals surface area contributed by atoms with Gasteiger partial charge >= 0.3 is 0 Å². The number of hydrogen-bond donors (Lipinski definition) is 2. The summed E-state index contributed by atoms with van der Waals surface area (Å²) in [5.41, 5.74) is 1.68. The molecule has 0 saturated carbocycles. The lowest BCUT2D eigenvalue weighted by Crippen LogP contribution is -2.22. The SMILES string of the molecule is CCNC(=O)c1ccc(NS(=O)(=O)CBr)c(C)c1. The molecule has 1 rings (SSSR count). The molecule has 100 valence electrons. The molecule has 0 aromatic heterocycles. The molecular formula is C11H15BrN2O3S. The monoisotopic (exact) mass is 334 g/mol. The number of aryl methyl sites for hydroxylation is 1. The molecule has 1 aromatic rings. The lowest BCUT2D eigenvalue weighted by molar-refractivity contribution is 0.0956. The van der Waals surface area contributed by atoms with E-state index in [1.807, 2.05) is 6.92 Å². The number of benzene rings is 1. The molecule has 0 heterocycles. The van der Waals surface area contributed by atoms with Gasteiger partial charge in [-0.1, -0.05) is 15.9 Å². The Morgan fingerprint density at radius 2 is 2.06 bits per heavy atom. The van der Waals surface area contributed by atoms with Crippen molar-refractivity contribution in [2.75, 3.05) is 15.9 Å². The van der Waals surface area contributed by atoms with Crippen molar-refractivity contribution in [3.05, 3.63) is 29.3 Å². The molecule has 0 aliphatic heterocycles. The Hall–Kier alpha value is -1.08. The van der Waals surface area contributed by atoms with Crippen LogP contribution in [0.4, 0.5) is 5.69 Å². The van der Waals surface area contributed by atoms with Crippen LogP contribution in [-0.2, 0) is 10.0 Å². The number of alkyl halides is 1. The third-order valence-electron chi connectivity index (χ3n) is 2.24. The van der Waals surface area contributed by atoms with Gasteiger partial charge in [0.25, 0.3) is 5.91 Å². The summed E-state index contributed by atoms with van der Waals surface area (Å²) in [5.74, 6) is -0.171. The molecule has 1 aromatic carbocycles. The minimum Gasteiger partial charge on any atom is -0.352 e. The molecular weight excluding hydrogens is 320 g/mol. The Morgan fingerprint density at radius 3 is 2.56 bits per heavy atom. The van der Waals surface area contributed by atoms with E-state index >= 15 is 0 Å². The maximum atomic E-state index is 11.6. The second-order valence-electron chi connectivity index (χ2n) is 3.72. The van der Waals surface area contributed by atoms with Crippen molar-refractivity contribution in [1.29, 1.82) is 0 Å². The second-order valence-corrected chi connectivity index (χ2v) is 6.74. The number of amides is 1. The van der Waals surface area contributed by atoms with Crippen LogP contribution in [-0.4, -0.2) is 25.5 Å². The van der Waals surface area contributed by atoms with Gasteiger partial charge in [0.05, 0.1) is 5.69 Å². The van der Waals surface area contributed by atoms with Crippen molar-refractivity contribution in [3.8, 4) is 0 Å². The maximum absolute atomic E-state index is 11.6. The highest BCUT2D eigenvalue weighted by atomic mass is 79.9. The summed E-state index contributed by atoms with van der Waals surface area (Å²) >= 11 is 2.90. The summed E-state index contributed by atoms with van der Waals surface area (Å²) in [7, 11) is -3.37. The summed E-state index contributed by atoms with van der Waals surface area (Å²) in [5, 5.41) is 2.68. The zero-order chi connectivity index (χ0) is 13.8. The molecule has 0 fully saturated rings. The molecule has 0 aliphatic rings. The first-order valence-electron chi connectivity index (χ1n) is 5.35. The van der Waals surface area contributed by atoms with E-state index in [2.05, 4.69) is 26.0 Å². The molecule has 18 heavy (non-hydrogen) atoms. The first-order valence-corrected chi connectivity index (χ1v) is 8.12. The molecule has 2 N–H and O–H groups in total. The van der Waals surface area contributed by atoms with Crippen LogP contribution < -0.4 is 10.0 Å². The predicted octanol–water partition coefficient (Wildman–Crippen LogP) is 1.84. The molecule has 0 spiro atoms. The number of nitrogens with one attached hydrogen (secondary N) is 2. The van der Waals surface area contributed by atoms with E-state index in [0.717, 1.165) is 0 Å². The van der Waals surface area contributed by atoms with Gasteiger partial charge in [-0.3, -0.25) is 9.52 Å². The largest absolute Gasteiger partial charge is 0.352 e. The van der Waals surface area contributed by atoms with Crippen LogP contribution in [0.2, 0.25) is 0 Å². The van der Waals surface area contributed by atoms with E-state index in [1.165, 1.54) is 0 Å². The lowest BCUT2D eigenvalue weighted by Gasteiger charge is -2.10. The third kappa shape index (κ3) is 3.99. The summed E-state index contributed by atoms with van der Waals surface area (Å²) in [6.45, 7) is 4.13. The van der Waals surface area contributed by atoms with Gasteiger partial charge in [0, 0.05) is 12.1 Å². The highest BCUT2D eigenvalue weighted by Gasteiger charge is 2.11. The van der Waals surface area contributed by atoms with Crippen molar-refractivity contribution >= 4 is 37.5 Å². The molecule has 0 aliphatic carbocycles. The number of halogens is 1. The summed E-state index contributed by atoms with van der Waals surface area (Å²) < 4.78 is 25.1. The molecule has 7 heteroatoms. The van der Waals surface area contributed by atoms with Crippen LogP contribution in [0.15, 0.2) is 18.2 Å². The van der Waals surface area contributed by atoms with E-state index in [9.17, 15) is 13.2 Å². The average Bonchev–Trinajstić information content (AvgIpc) is 2.32. The standard InChI is InChI=1S/C11H15BrN2O3S/c1-3-13-11(15)9-4-5-10(8(2)6-9)14-18(16,17)7-12/h4-6,14H,3,7H2,1-2H3,(H,13,15). The smallest absolute Gasteiger partial charge is 0.251 e. The fraction of sp³-hybridized carbons (Fsp3) is 0.364. The van der Waals surface area contributed by atoms with Gasteiger partial charge in [-0.05, 0) is 37.6 Å². The van der Waals surface area contributed by atoms with Gasteiger partial charge in [0.2, 0.25) is 10.0 Å². The van der Waals surface area contributed by atoms with Gasteiger partial charge in [-0.2, -0.15) is 0 Å². The van der Waals surface area contributed by atoms with E-state index in [0.29, 0.717) is 23.4 Å². The summed E-state index contributed by atoms with van der Waals surface area (Å²) in [6, 6.07) is 4.82. The molecule has 0 saturated heterocycles. The highest BCUT2D eigenvalue weighted by Crippen LogP contribution is 2.18. The molecule has 5 nitrogen and oxygen atoms in total. The zero-order valence-corrected chi connectivity index (χ0v) is 12.6. The normalized spacial score (nSPS) is 11.1. The number of anilines is 1. The van der Waals surface area contributed by atoms with Crippen molar-refractivity contribution in [2.45, 2.75) is 13.8 Å². The van der Waals surface area contributed by atoms with E-state index in [4.69, 9.17) is 0 Å². The Balaban J connectivity index is 2.97. The van der Waals surface area contributed by atoms with Crippen molar-refractivity contribution in [3.63, 3.8) is 0 Å². The maximum Gasteiger partial charge on any atom is 0.251 e. The highest BCUT2D eigenvalue weighted by molar-refractivity contribution is 9.10. The van der Waals surface area contributed by atoms with E-state index < -0.39 is 10.0 Å². The van der Waals surface area contributed by atoms with E-state index in [1.54, 1.807) is 25.1 Å². The average molecular weight is 335 g/mol. The minimum absolute atomic E-state index is 0.169. The van der Waals surface area contributed by atoms with Crippen molar-refractivity contribution in [1.82, 2.24) is 5.32 Å². The number of carbonyl (C=O) groups is 1. The lowest BCUT2D eigenvalue weighted by atomic mass is 10.1. The first kappa shape index (κ1) is 15.0. The minimum atomic E-state index is -3.37. The topological polar surface area (TPSA) is 75.3 Å². The van der Waals surface area contributed by atoms with Crippen molar-refractivity contribution in [2.24, 2.45) is 0 Å². The third-order valence-corrected chi connectivity index (χ3v) is 4.86.